The molecule has 19 nitrogen and oxygen atoms in total. The molecule has 9 aromatic carbocycles. The monoisotopic (exact) mass is 1470 g/mol. The molecule has 1 aliphatic heterocycles. The fourth-order valence-corrected chi connectivity index (χ4v) is 15.8. The van der Waals surface area contributed by atoms with Crippen molar-refractivity contribution in [1.82, 2.24) is 42.1 Å². The zero-order valence-electron chi connectivity index (χ0n) is 61.2. The molecule has 7 atom stereocenters. The molecule has 1 aliphatic rings. The van der Waals surface area contributed by atoms with Gasteiger partial charge in [-0.2, -0.15) is 0 Å². The van der Waals surface area contributed by atoms with E-state index in [1.807, 2.05) is 294 Å². The first-order valence-electron chi connectivity index (χ1n) is 36.8. The third kappa shape index (κ3) is 19.0. The van der Waals surface area contributed by atoms with Crippen molar-refractivity contribution in [3.8, 4) is 0 Å². The van der Waals surface area contributed by atoms with E-state index in [-0.39, 0.29) is 49.8 Å². The molecule has 1 saturated heterocycles. The summed E-state index contributed by atoms with van der Waals surface area (Å²) in [6.45, 7) is 6.71. The minimum Gasteiger partial charge on any atom is -0.480 e. The van der Waals surface area contributed by atoms with Gasteiger partial charge in [0.15, 0.2) is 0 Å². The summed E-state index contributed by atoms with van der Waals surface area (Å²) >= 11 is 1.34. The van der Waals surface area contributed by atoms with Crippen molar-refractivity contribution in [2.45, 2.75) is 125 Å². The van der Waals surface area contributed by atoms with E-state index < -0.39 is 118 Å². The average molecular weight is 1470 g/mol. The molecule has 20 heteroatoms. The summed E-state index contributed by atoms with van der Waals surface area (Å²) in [5.74, 6) is -8.02. The minimum absolute atomic E-state index is 0.0369. The van der Waals surface area contributed by atoms with Crippen LogP contribution in [0, 0.1) is 11.8 Å². The fourth-order valence-electron chi connectivity index (χ4n) is 14.3. The largest absolute Gasteiger partial charge is 0.480 e. The Kier molecular flexibility index (Phi) is 27.6. The van der Waals surface area contributed by atoms with Gasteiger partial charge in [0.1, 0.15) is 47.8 Å². The predicted molar refractivity (Wildman–Crippen MR) is 420 cm³/mol. The minimum atomic E-state index is -1.86. The number of thioether (sulfide) groups is 1. The molecule has 8 amide bonds. The van der Waals surface area contributed by atoms with E-state index in [0.717, 1.165) is 33.4 Å². The highest BCUT2D eigenvalue weighted by molar-refractivity contribution is 8.00. The van der Waals surface area contributed by atoms with Crippen LogP contribution in [0.4, 0.5) is 0 Å². The summed E-state index contributed by atoms with van der Waals surface area (Å²) in [7, 11) is 0. The Balaban J connectivity index is 1.08. The number of aliphatic carboxylic acids is 1. The number of nitrogens with two attached hydrogens (primary N) is 1. The number of rotatable bonds is 35. The van der Waals surface area contributed by atoms with Crippen LogP contribution in [0.15, 0.2) is 273 Å². The number of hydrogen-bond acceptors (Lipinski definition) is 11. The highest BCUT2D eigenvalue weighted by atomic mass is 32.2. The fraction of sp³-hybridized carbons (Fsp3) is 0.284. The normalized spacial score (nSPS) is 14.6. The number of amides is 8. The summed E-state index contributed by atoms with van der Waals surface area (Å²) in [4.78, 5) is 136. The van der Waals surface area contributed by atoms with Crippen molar-refractivity contribution in [1.29, 1.82) is 0 Å². The number of carbonyl (C=O) groups excluding carboxylic acids is 8. The van der Waals surface area contributed by atoms with Crippen molar-refractivity contribution >= 4 is 65.0 Å². The first kappa shape index (κ1) is 79.1. The van der Waals surface area contributed by atoms with Crippen molar-refractivity contribution in [3.05, 3.63) is 323 Å². The zero-order valence-corrected chi connectivity index (χ0v) is 62.0. The summed E-state index contributed by atoms with van der Waals surface area (Å²) in [6.07, 6.45) is -0.372. The molecule has 0 aromatic heterocycles. The van der Waals surface area contributed by atoms with Crippen molar-refractivity contribution < 1.29 is 48.3 Å². The van der Waals surface area contributed by atoms with Gasteiger partial charge in [0.25, 0.3) is 0 Å². The van der Waals surface area contributed by atoms with Crippen LogP contribution in [-0.2, 0) is 59.0 Å². The van der Waals surface area contributed by atoms with Crippen LogP contribution in [0.5, 0.6) is 0 Å². The molecule has 0 bridgehead atoms. The highest BCUT2D eigenvalue weighted by Gasteiger charge is 2.46. The third-order valence-electron chi connectivity index (χ3n) is 20.0. The van der Waals surface area contributed by atoms with Gasteiger partial charge in [0.05, 0.1) is 17.2 Å². The second-order valence-electron chi connectivity index (χ2n) is 27.7. The number of hydrogen-bond donors (Lipinski definition) is 9. The number of benzene rings is 9. The van der Waals surface area contributed by atoms with Crippen LogP contribution in [0.3, 0.4) is 0 Å². The average Bonchev–Trinajstić information content (AvgIpc) is 0.864. The van der Waals surface area contributed by atoms with Gasteiger partial charge < -0.3 is 53.0 Å². The molecule has 10 N–H and O–H groups in total. The van der Waals surface area contributed by atoms with Gasteiger partial charge in [-0.15, -0.1) is 11.8 Å². The summed E-state index contributed by atoms with van der Waals surface area (Å²) in [5.41, 5.74) is 10.6. The van der Waals surface area contributed by atoms with Gasteiger partial charge in [-0.05, 0) is 87.6 Å². The lowest BCUT2D eigenvalue weighted by Gasteiger charge is -2.38. The first-order valence-corrected chi connectivity index (χ1v) is 37.8. The molecule has 0 saturated carbocycles. The van der Waals surface area contributed by atoms with Crippen molar-refractivity contribution in [3.63, 3.8) is 0 Å². The van der Waals surface area contributed by atoms with E-state index >= 15 is 24.0 Å². The van der Waals surface area contributed by atoms with Gasteiger partial charge in [-0.25, -0.2) is 0 Å². The molecule has 558 valence electrons. The first-order chi connectivity index (χ1) is 52.3. The molecule has 108 heavy (non-hydrogen) atoms. The van der Waals surface area contributed by atoms with Crippen LogP contribution in [0.1, 0.15) is 123 Å². The maximum atomic E-state index is 16.4. The Morgan fingerprint density at radius 3 is 1.20 bits per heavy atom. The van der Waals surface area contributed by atoms with Crippen LogP contribution >= 0.6 is 11.8 Å². The van der Waals surface area contributed by atoms with Gasteiger partial charge in [0, 0.05) is 18.7 Å². The van der Waals surface area contributed by atoms with Crippen LogP contribution in [0.25, 0.3) is 0 Å². The third-order valence-corrected chi connectivity index (χ3v) is 21.6. The molecule has 1 fully saturated rings. The van der Waals surface area contributed by atoms with Crippen LogP contribution in [-0.4, -0.2) is 118 Å². The Labute approximate surface area is 636 Å². The molecule has 0 aliphatic carbocycles. The van der Waals surface area contributed by atoms with Gasteiger partial charge in [0.2, 0.25) is 47.3 Å². The van der Waals surface area contributed by atoms with E-state index in [1.54, 1.807) is 6.92 Å². The lowest BCUT2D eigenvalue weighted by molar-refractivity contribution is -0.142. The van der Waals surface area contributed by atoms with Gasteiger partial charge in [-0.1, -0.05) is 307 Å². The molecule has 10 rings (SSSR count). The van der Waals surface area contributed by atoms with E-state index in [2.05, 4.69) is 37.2 Å². The number of nitrogens with one attached hydrogen (secondary N) is 7. The number of carboxylic acids is 1. The van der Waals surface area contributed by atoms with E-state index in [9.17, 15) is 24.3 Å². The number of carboxylic acid groups (broad SMARTS) is 1. The van der Waals surface area contributed by atoms with Crippen LogP contribution < -0.4 is 43.0 Å². The maximum Gasteiger partial charge on any atom is 0.322 e. The number of likely N-dealkylation sites (tertiary alicyclic amines) is 1. The SMILES string of the molecule is CC[C@H](C)[C@H](N)C(=O)N[C@@H](CCC(=O)NC(c1ccccc1)(c1ccccc1)c1ccccc1)C(=O)N[C@@H](CC(=O)NC(c1ccccc1)(c1ccccc1)c1ccccc1)C(=O)N[C@@H](CSC(c1ccccc1)(c1ccccc1)c1ccccc1)C(=O)N1CCC[C@H]1C(=O)N[C@@H](CC(C)C)C(=O)NCC(=O)O. The summed E-state index contributed by atoms with van der Waals surface area (Å²) < 4.78 is -1.10. The topological polar surface area (TPSA) is 287 Å². The molecule has 0 radical (unpaired) electrons. The predicted octanol–water partition coefficient (Wildman–Crippen LogP) is 10.6. The Morgan fingerprint density at radius 2 is 0.824 bits per heavy atom. The molecular weight excluding hydrogens is 1380 g/mol. The number of nitrogens with zero attached hydrogens (tertiary/aromatic N) is 1. The standard InChI is InChI=1S/C88H95N9O10S/c1-5-61(4)79(89)84(106)91-71(53-54-76(98)95-86(62-34-15-6-16-35-62,63-36-17-7-18-37-63)64-38-19-8-20-39-64)81(103)92-73(57-77(99)96-87(65-40-21-9-22-41-65,66-42-23-10-24-43-66)67-44-25-11-26-45-67)82(104)94-74(85(107)97-55-33-52-75(97)83(105)93-72(56-60(2)3)80(102)90-58-78(100)101)59-108-88(68-46-27-12-28-47-68,69-48-29-13-30-49-69)70-50-31-14-32-51-70/h6-32,34-51,60-61,71-75,79H,5,33,52-59,89H2,1-4H3,(H,90,102)(H,91,106)(H,92,103)(H,93,105)(H,94,104)(H,95,98)(H,96,99)(H,100,101)/t61-,71-,72-,73-,74-,75-,79-/m0/s1. The highest BCUT2D eigenvalue weighted by Crippen LogP contribution is 2.49. The van der Waals surface area contributed by atoms with Crippen molar-refractivity contribution in [2.24, 2.45) is 17.6 Å². The quantitative estimate of drug-likeness (QED) is 0.0168. The van der Waals surface area contributed by atoms with E-state index in [1.165, 1.54) is 16.7 Å². The molecule has 9 aromatic rings. The molecule has 0 spiro atoms. The number of carbonyl (C=O) groups is 9. The Bertz CT molecular complexity index is 4170. The Hall–Kier alpha value is -11.5. The second kappa shape index (κ2) is 37.7. The molecule has 1 heterocycles. The van der Waals surface area contributed by atoms with Gasteiger partial charge in [-0.3, -0.25) is 43.2 Å². The van der Waals surface area contributed by atoms with Crippen molar-refractivity contribution in [2.75, 3.05) is 18.8 Å². The van der Waals surface area contributed by atoms with Crippen LogP contribution in [0.2, 0.25) is 0 Å². The van der Waals surface area contributed by atoms with Gasteiger partial charge >= 0.3 is 5.97 Å². The van der Waals surface area contributed by atoms with E-state index in [4.69, 9.17) is 5.73 Å². The van der Waals surface area contributed by atoms with E-state index in [0.29, 0.717) is 29.5 Å². The molecule has 0 unspecified atom stereocenters. The smallest absolute Gasteiger partial charge is 0.322 e. The zero-order chi connectivity index (χ0) is 76.6. The second-order valence-corrected chi connectivity index (χ2v) is 28.9. The lowest BCUT2D eigenvalue weighted by Crippen LogP contribution is -2.61. The molecular formula is C88H95N9O10S. The summed E-state index contributed by atoms with van der Waals surface area (Å²) in [5, 5.41) is 30.1. The maximum absolute atomic E-state index is 16.4. The Morgan fingerprint density at radius 1 is 0.463 bits per heavy atom. The lowest BCUT2D eigenvalue weighted by atomic mass is 9.77. The summed E-state index contributed by atoms with van der Waals surface area (Å²) in [6, 6.07) is 76.9.